The number of hydrogen-bond donors (Lipinski definition) is 3. The molecule has 2 aliphatic rings. The zero-order valence-electron chi connectivity index (χ0n) is 10.8. The van der Waals surface area contributed by atoms with Crippen LogP contribution >= 0.6 is 0 Å². The molecule has 5 heteroatoms. The predicted molar refractivity (Wildman–Crippen MR) is 72.7 cm³/mol. The first kappa shape index (κ1) is 12.2. The van der Waals surface area contributed by atoms with Crippen molar-refractivity contribution >= 4 is 5.91 Å². The third-order valence-corrected chi connectivity index (χ3v) is 3.77. The molecular weight excluding hydrogens is 240 g/mol. The van der Waals surface area contributed by atoms with Gasteiger partial charge in [0.2, 0.25) is 0 Å². The summed E-state index contributed by atoms with van der Waals surface area (Å²) in [5.41, 5.74) is 10.9. The largest absolute Gasteiger partial charge is 0.366 e. The van der Waals surface area contributed by atoms with Crippen LogP contribution in [0.25, 0.3) is 0 Å². The van der Waals surface area contributed by atoms with Crippen molar-refractivity contribution in [3.05, 3.63) is 47.7 Å². The van der Waals surface area contributed by atoms with E-state index in [1.807, 2.05) is 18.2 Å². The van der Waals surface area contributed by atoms with Crippen LogP contribution < -0.4 is 16.5 Å². The highest BCUT2D eigenvalue weighted by Crippen LogP contribution is 2.32. The molecule has 2 aliphatic heterocycles. The lowest BCUT2D eigenvalue weighted by atomic mass is 9.90. The zero-order valence-corrected chi connectivity index (χ0v) is 10.8. The minimum absolute atomic E-state index is 0.0329. The van der Waals surface area contributed by atoms with Crippen molar-refractivity contribution in [2.75, 3.05) is 6.54 Å². The van der Waals surface area contributed by atoms with E-state index in [1.54, 1.807) is 11.1 Å². The maximum atomic E-state index is 12.1. The molecule has 2 heterocycles. The lowest BCUT2D eigenvalue weighted by Crippen LogP contribution is -2.53. The van der Waals surface area contributed by atoms with E-state index in [0.29, 0.717) is 6.54 Å². The summed E-state index contributed by atoms with van der Waals surface area (Å²) in [5.74, 6) is 0.176. The van der Waals surface area contributed by atoms with Crippen LogP contribution in [0.2, 0.25) is 0 Å². The van der Waals surface area contributed by atoms with Gasteiger partial charge in [0.1, 0.15) is 6.17 Å². The SMILES string of the molecule is CC1NN2C(=O)C=C(CN)NC2C1c1ccccc1. The predicted octanol–water partition coefficient (Wildman–Crippen LogP) is 0.277. The maximum Gasteiger partial charge on any atom is 0.264 e. The Morgan fingerprint density at radius 3 is 2.74 bits per heavy atom. The second-order valence-electron chi connectivity index (χ2n) is 5.03. The second-order valence-corrected chi connectivity index (χ2v) is 5.03. The third kappa shape index (κ3) is 2.01. The van der Waals surface area contributed by atoms with Crippen LogP contribution in [0.15, 0.2) is 42.1 Å². The molecule has 0 spiro atoms. The second kappa shape index (κ2) is 4.68. The summed E-state index contributed by atoms with van der Waals surface area (Å²) in [6.07, 6.45) is 1.48. The van der Waals surface area contributed by atoms with E-state index in [1.165, 1.54) is 5.56 Å². The molecule has 0 bridgehead atoms. The number of nitrogens with two attached hydrogens (primary N) is 1. The quantitative estimate of drug-likeness (QED) is 0.712. The van der Waals surface area contributed by atoms with Crippen LogP contribution in [0, 0.1) is 0 Å². The zero-order chi connectivity index (χ0) is 13.4. The Morgan fingerprint density at radius 1 is 1.32 bits per heavy atom. The van der Waals surface area contributed by atoms with Crippen molar-refractivity contribution in [3.63, 3.8) is 0 Å². The summed E-state index contributed by atoms with van der Waals surface area (Å²) in [6, 6.07) is 10.4. The van der Waals surface area contributed by atoms with Crippen LogP contribution in [0.1, 0.15) is 18.4 Å². The highest BCUT2D eigenvalue weighted by Gasteiger charge is 2.44. The van der Waals surface area contributed by atoms with Crippen molar-refractivity contribution in [1.29, 1.82) is 0 Å². The molecule has 0 aliphatic carbocycles. The summed E-state index contributed by atoms with van der Waals surface area (Å²) in [4.78, 5) is 12.1. The average Bonchev–Trinajstić information content (AvgIpc) is 2.76. The third-order valence-electron chi connectivity index (χ3n) is 3.77. The number of carbonyl (C=O) groups is 1. The molecule has 3 rings (SSSR count). The highest BCUT2D eigenvalue weighted by atomic mass is 16.2. The molecule has 0 radical (unpaired) electrons. The molecule has 3 unspecified atom stereocenters. The molecule has 1 fully saturated rings. The molecular formula is C14H18N4O. The maximum absolute atomic E-state index is 12.1. The van der Waals surface area contributed by atoms with E-state index in [4.69, 9.17) is 5.73 Å². The Labute approximate surface area is 112 Å². The van der Waals surface area contributed by atoms with Gasteiger partial charge in [-0.3, -0.25) is 9.80 Å². The molecule has 3 atom stereocenters. The van der Waals surface area contributed by atoms with Gasteiger partial charge in [-0.15, -0.1) is 0 Å². The molecule has 5 nitrogen and oxygen atoms in total. The standard InChI is InChI=1S/C14H18N4O/c1-9-13(10-5-3-2-4-6-10)14-16-11(8-15)7-12(19)18(14)17-9/h2-7,9,13-14,16-17H,8,15H2,1H3. The van der Waals surface area contributed by atoms with Crippen molar-refractivity contribution < 1.29 is 4.79 Å². The smallest absolute Gasteiger partial charge is 0.264 e. The van der Waals surface area contributed by atoms with Gasteiger partial charge in [0, 0.05) is 30.3 Å². The number of nitrogens with one attached hydrogen (secondary N) is 2. The first-order chi connectivity index (χ1) is 9.20. The van der Waals surface area contributed by atoms with Crippen molar-refractivity contribution in [2.24, 2.45) is 5.73 Å². The Kier molecular flexibility index (Phi) is 3.00. The fourth-order valence-corrected chi connectivity index (χ4v) is 2.88. The minimum atomic E-state index is -0.0755. The topological polar surface area (TPSA) is 70.4 Å². The number of rotatable bonds is 2. The van der Waals surface area contributed by atoms with Gasteiger partial charge >= 0.3 is 0 Å². The minimum Gasteiger partial charge on any atom is -0.366 e. The monoisotopic (exact) mass is 258 g/mol. The van der Waals surface area contributed by atoms with Gasteiger partial charge in [-0.05, 0) is 12.5 Å². The Balaban J connectivity index is 1.94. The molecule has 0 aromatic heterocycles. The van der Waals surface area contributed by atoms with E-state index in [0.717, 1.165) is 5.70 Å². The van der Waals surface area contributed by atoms with Crippen LogP contribution in [-0.4, -0.2) is 29.7 Å². The normalized spacial score (nSPS) is 29.8. The summed E-state index contributed by atoms with van der Waals surface area (Å²) in [6.45, 7) is 2.44. The summed E-state index contributed by atoms with van der Waals surface area (Å²) >= 11 is 0. The Bertz CT molecular complexity index is 513. The van der Waals surface area contributed by atoms with Gasteiger partial charge in [0.25, 0.3) is 5.91 Å². The van der Waals surface area contributed by atoms with Crippen LogP contribution in [0.5, 0.6) is 0 Å². The van der Waals surface area contributed by atoms with Crippen LogP contribution in [0.3, 0.4) is 0 Å². The molecule has 0 saturated carbocycles. The number of hydrogen-bond acceptors (Lipinski definition) is 4. The van der Waals surface area contributed by atoms with Crippen molar-refractivity contribution in [3.8, 4) is 0 Å². The average molecular weight is 258 g/mol. The van der Waals surface area contributed by atoms with Gasteiger partial charge in [-0.1, -0.05) is 30.3 Å². The lowest BCUT2D eigenvalue weighted by molar-refractivity contribution is -0.131. The van der Waals surface area contributed by atoms with Crippen LogP contribution in [-0.2, 0) is 4.79 Å². The number of hydrazine groups is 1. The van der Waals surface area contributed by atoms with Gasteiger partial charge in [0.05, 0.1) is 0 Å². The van der Waals surface area contributed by atoms with Crippen molar-refractivity contribution in [2.45, 2.75) is 25.0 Å². The molecule has 100 valence electrons. The first-order valence-corrected chi connectivity index (χ1v) is 6.52. The number of fused-ring (bicyclic) bond motifs is 1. The highest BCUT2D eigenvalue weighted by molar-refractivity contribution is 5.89. The van der Waals surface area contributed by atoms with Gasteiger partial charge in [-0.25, -0.2) is 5.43 Å². The number of amides is 1. The molecule has 1 saturated heterocycles. The molecule has 19 heavy (non-hydrogen) atoms. The lowest BCUT2D eigenvalue weighted by Gasteiger charge is -2.32. The molecule has 1 aromatic rings. The first-order valence-electron chi connectivity index (χ1n) is 6.52. The van der Waals surface area contributed by atoms with E-state index < -0.39 is 0 Å². The van der Waals surface area contributed by atoms with Gasteiger partial charge in [0.15, 0.2) is 0 Å². The fourth-order valence-electron chi connectivity index (χ4n) is 2.88. The Morgan fingerprint density at radius 2 is 2.05 bits per heavy atom. The fraction of sp³-hybridized carbons (Fsp3) is 0.357. The van der Waals surface area contributed by atoms with E-state index in [2.05, 4.69) is 29.8 Å². The molecule has 1 aromatic carbocycles. The van der Waals surface area contributed by atoms with Gasteiger partial charge in [-0.2, -0.15) is 0 Å². The summed E-state index contributed by atoms with van der Waals surface area (Å²) in [7, 11) is 0. The Hall–Kier alpha value is -1.85. The molecule has 1 amide bonds. The van der Waals surface area contributed by atoms with E-state index in [-0.39, 0.29) is 24.0 Å². The van der Waals surface area contributed by atoms with Crippen LogP contribution in [0.4, 0.5) is 0 Å². The number of nitrogens with zero attached hydrogens (tertiary/aromatic N) is 1. The summed E-state index contributed by atoms with van der Waals surface area (Å²) in [5, 5.41) is 5.02. The number of carbonyl (C=O) groups excluding carboxylic acids is 1. The van der Waals surface area contributed by atoms with E-state index in [9.17, 15) is 4.79 Å². The summed E-state index contributed by atoms with van der Waals surface area (Å²) < 4.78 is 0. The molecule has 4 N–H and O–H groups in total. The van der Waals surface area contributed by atoms with Crippen molar-refractivity contribution in [1.82, 2.24) is 15.8 Å². The van der Waals surface area contributed by atoms with E-state index >= 15 is 0 Å². The number of benzene rings is 1. The van der Waals surface area contributed by atoms with Gasteiger partial charge < -0.3 is 11.1 Å².